The summed E-state index contributed by atoms with van der Waals surface area (Å²) in [5.74, 6) is -2.01. The molecule has 1 N–H and O–H groups in total. The number of hydrogen-bond acceptors (Lipinski definition) is 4. The molecule has 0 aliphatic rings. The maximum Gasteiger partial charge on any atom is 0.342 e. The average molecular weight is 381 g/mol. The van der Waals surface area contributed by atoms with Gasteiger partial charge in [0.1, 0.15) is 0 Å². The number of carbonyl (C=O) groups excluding carboxylic acids is 1. The van der Waals surface area contributed by atoms with E-state index in [0.29, 0.717) is 6.08 Å². The van der Waals surface area contributed by atoms with Crippen LogP contribution in [-0.4, -0.2) is 38.2 Å². The van der Waals surface area contributed by atoms with Gasteiger partial charge >= 0.3 is 81.5 Å². The molecule has 0 rings (SSSR count). The molecule has 18 heavy (non-hydrogen) atoms. The van der Waals surface area contributed by atoms with Crippen molar-refractivity contribution in [2.45, 2.75) is 48.4 Å². The summed E-state index contributed by atoms with van der Waals surface area (Å²) in [6.45, 7) is 4.58. The Labute approximate surface area is 125 Å². The maximum absolute atomic E-state index is 10.1. The van der Waals surface area contributed by atoms with Crippen molar-refractivity contribution in [3.05, 3.63) is 12.2 Å². The van der Waals surface area contributed by atoms with Crippen LogP contribution in [0.15, 0.2) is 12.2 Å². The molecule has 0 aliphatic heterocycles. The molecule has 0 aliphatic carbocycles. The first kappa shape index (κ1) is 20.2. The summed E-state index contributed by atoms with van der Waals surface area (Å²) in [7, 11) is 0. The molecule has 0 amide bonds. The Bertz CT molecular complexity index is 238. The third kappa shape index (κ3) is 21.1. The van der Waals surface area contributed by atoms with Crippen molar-refractivity contribution >= 4 is 46.0 Å². The normalized spacial score (nSPS) is 9.72. The van der Waals surface area contributed by atoms with E-state index in [-0.39, 0.29) is 21.1 Å². The summed E-state index contributed by atoms with van der Waals surface area (Å²) in [5.41, 5.74) is 0. The quantitative estimate of drug-likeness (QED) is 0.223. The van der Waals surface area contributed by atoms with Gasteiger partial charge in [-0.25, -0.2) is 9.59 Å². The smallest absolute Gasteiger partial charge is 0.342 e. The molecular weight excluding hydrogens is 359 g/mol. The molecule has 104 valence electrons. The van der Waals surface area contributed by atoms with Gasteiger partial charge in [-0.05, 0) is 0 Å². The minimum Gasteiger partial charge on any atom is -0.478 e. The summed E-state index contributed by atoms with van der Waals surface area (Å²) in [6.07, 6.45) is 7.26. The van der Waals surface area contributed by atoms with Gasteiger partial charge in [-0.15, -0.1) is 0 Å². The molecular formula is C12H22O4SSn. The zero-order chi connectivity index (χ0) is 14.2. The van der Waals surface area contributed by atoms with Crippen molar-refractivity contribution in [3.8, 4) is 0 Å². The molecule has 0 aromatic carbocycles. The molecule has 0 aromatic heterocycles. The van der Waals surface area contributed by atoms with E-state index in [2.05, 4.69) is 30.9 Å². The summed E-state index contributed by atoms with van der Waals surface area (Å²) < 4.78 is 7.06. The monoisotopic (exact) mass is 382 g/mol. The number of hydrogen-bond donors (Lipinski definition) is 2. The molecule has 4 nitrogen and oxygen atoms in total. The zero-order valence-corrected chi connectivity index (χ0v) is 14.8. The predicted molar refractivity (Wildman–Crippen MR) is 77.0 cm³/mol. The van der Waals surface area contributed by atoms with E-state index >= 15 is 0 Å². The minimum absolute atomic E-state index is 0.149. The fourth-order valence-electron chi connectivity index (χ4n) is 0.898. The molecule has 0 bridgehead atoms. The van der Waals surface area contributed by atoms with E-state index in [9.17, 15) is 9.59 Å². The standard InChI is InChI=1S/C4H4O4S.2C4H9.Sn/c5-3(6)1-2-4(7)8-9;2*1-3-4-2;/h1-2,9H,(H,5,6);2*1,3-4H2,2H3;/b2-1-;;;. The van der Waals surface area contributed by atoms with E-state index in [4.69, 9.17) is 5.11 Å². The van der Waals surface area contributed by atoms with Crippen LogP contribution in [0.4, 0.5) is 0 Å². The molecule has 0 heterocycles. The van der Waals surface area contributed by atoms with Crippen LogP contribution in [0.5, 0.6) is 0 Å². The second-order valence-corrected chi connectivity index (χ2v) is 8.00. The largest absolute Gasteiger partial charge is 0.478 e. The fourth-order valence-corrected chi connectivity index (χ4v) is 5.12. The van der Waals surface area contributed by atoms with Crippen LogP contribution < -0.4 is 0 Å². The third-order valence-corrected chi connectivity index (χ3v) is 6.08. The van der Waals surface area contributed by atoms with Crippen molar-refractivity contribution in [2.24, 2.45) is 0 Å². The van der Waals surface area contributed by atoms with Gasteiger partial charge in [0.2, 0.25) is 0 Å². The van der Waals surface area contributed by atoms with Crippen LogP contribution in [0.1, 0.15) is 39.5 Å². The van der Waals surface area contributed by atoms with E-state index in [1.54, 1.807) is 8.87 Å². The van der Waals surface area contributed by atoms with Crippen molar-refractivity contribution in [1.29, 1.82) is 0 Å². The van der Waals surface area contributed by atoms with Gasteiger partial charge in [0.25, 0.3) is 0 Å². The van der Waals surface area contributed by atoms with E-state index < -0.39 is 11.9 Å². The average Bonchev–Trinajstić information content (AvgIpc) is 2.36. The van der Waals surface area contributed by atoms with Crippen LogP contribution in [0.2, 0.25) is 8.87 Å². The van der Waals surface area contributed by atoms with Crippen LogP contribution in [-0.2, 0) is 13.8 Å². The zero-order valence-electron chi connectivity index (χ0n) is 11.0. The second-order valence-electron chi connectivity index (χ2n) is 3.54. The summed E-state index contributed by atoms with van der Waals surface area (Å²) >= 11 is 3.27. The van der Waals surface area contributed by atoms with Crippen molar-refractivity contribution in [3.63, 3.8) is 0 Å². The summed E-state index contributed by atoms with van der Waals surface area (Å²) in [4.78, 5) is 19.8. The first-order valence-corrected chi connectivity index (χ1v) is 10.5. The number of thiol groups is 1. The molecule has 6 heteroatoms. The van der Waals surface area contributed by atoms with Gasteiger partial charge < -0.3 is 9.29 Å². The molecule has 0 saturated heterocycles. The number of rotatable bonds is 8. The Balaban J connectivity index is 0. The third-order valence-electron chi connectivity index (χ3n) is 1.87. The molecule has 0 unspecified atom stereocenters. The second kappa shape index (κ2) is 16.8. The van der Waals surface area contributed by atoms with Gasteiger partial charge in [-0.1, -0.05) is 0 Å². The van der Waals surface area contributed by atoms with Gasteiger partial charge in [0.05, 0.1) is 0 Å². The van der Waals surface area contributed by atoms with E-state index in [1.807, 2.05) is 0 Å². The molecule has 0 fully saturated rings. The number of unbranched alkanes of at least 4 members (excludes halogenated alkanes) is 2. The van der Waals surface area contributed by atoms with Crippen molar-refractivity contribution < 1.29 is 18.9 Å². The Kier molecular flexibility index (Phi) is 18.8. The molecule has 0 aromatic rings. The molecule has 0 saturated carbocycles. The van der Waals surface area contributed by atoms with Crippen molar-refractivity contribution in [1.82, 2.24) is 0 Å². The van der Waals surface area contributed by atoms with Gasteiger partial charge in [-0.2, -0.15) is 0 Å². The summed E-state index contributed by atoms with van der Waals surface area (Å²) in [5, 5.41) is 7.94. The van der Waals surface area contributed by atoms with E-state index in [0.717, 1.165) is 6.08 Å². The van der Waals surface area contributed by atoms with Crippen molar-refractivity contribution in [2.75, 3.05) is 0 Å². The maximum atomic E-state index is 10.1. The Morgan fingerprint density at radius 2 is 1.67 bits per heavy atom. The Morgan fingerprint density at radius 1 is 1.17 bits per heavy atom. The predicted octanol–water partition coefficient (Wildman–Crippen LogP) is 3.14. The number of carbonyl (C=O) groups is 2. The van der Waals surface area contributed by atoms with E-state index in [1.165, 1.54) is 25.7 Å². The number of carboxylic acids is 1. The van der Waals surface area contributed by atoms with Gasteiger partial charge in [-0.3, -0.25) is 0 Å². The Morgan fingerprint density at radius 3 is 2.00 bits per heavy atom. The van der Waals surface area contributed by atoms with Crippen LogP contribution >= 0.6 is 12.9 Å². The van der Waals surface area contributed by atoms with Gasteiger partial charge in [0.15, 0.2) is 0 Å². The summed E-state index contributed by atoms with van der Waals surface area (Å²) in [6, 6.07) is 0. The minimum atomic E-state index is -1.20. The topological polar surface area (TPSA) is 63.6 Å². The van der Waals surface area contributed by atoms with Crippen LogP contribution in [0.3, 0.4) is 0 Å². The molecule has 0 atom stereocenters. The van der Waals surface area contributed by atoms with Crippen LogP contribution in [0, 0.1) is 0 Å². The molecule has 2 radical (unpaired) electrons. The number of carboxylic acid groups (broad SMARTS) is 1. The fraction of sp³-hybridized carbons (Fsp3) is 0.667. The first-order valence-electron chi connectivity index (χ1n) is 6.05. The SMILES string of the molecule is CCC[CH2][Sn][CH2]CCC.O=C(O)/C=C\C(=O)OS. The van der Waals surface area contributed by atoms with Crippen LogP contribution in [0.25, 0.3) is 0 Å². The first-order chi connectivity index (χ1) is 8.58. The number of aliphatic carboxylic acids is 1. The Hall–Kier alpha value is -0.171. The van der Waals surface area contributed by atoms with Gasteiger partial charge in [0, 0.05) is 25.1 Å². The molecule has 0 spiro atoms.